The van der Waals surface area contributed by atoms with Crippen LogP contribution >= 0.6 is 27.3 Å². The summed E-state index contributed by atoms with van der Waals surface area (Å²) in [6, 6.07) is 6.17. The van der Waals surface area contributed by atoms with Crippen molar-refractivity contribution in [3.05, 3.63) is 34.1 Å². The van der Waals surface area contributed by atoms with Gasteiger partial charge < -0.3 is 4.74 Å². The zero-order valence-corrected chi connectivity index (χ0v) is 13.2. The highest BCUT2D eigenvalue weighted by Gasteiger charge is 2.13. The van der Waals surface area contributed by atoms with E-state index in [1.54, 1.807) is 18.4 Å². The summed E-state index contributed by atoms with van der Waals surface area (Å²) in [4.78, 5) is 9.00. The first-order chi connectivity index (χ1) is 9.10. The third-order valence-electron chi connectivity index (χ3n) is 2.95. The van der Waals surface area contributed by atoms with Crippen LogP contribution in [0.2, 0.25) is 0 Å². The average Bonchev–Trinajstić information content (AvgIpc) is 2.91. The molecule has 3 rings (SSSR count). The molecule has 98 valence electrons. The summed E-state index contributed by atoms with van der Waals surface area (Å²) in [6.45, 7) is 4.14. The van der Waals surface area contributed by atoms with Crippen molar-refractivity contribution >= 4 is 37.6 Å². The lowest BCUT2D eigenvalue weighted by Gasteiger charge is -2.03. The van der Waals surface area contributed by atoms with Crippen LogP contribution in [0.4, 0.5) is 0 Å². The van der Waals surface area contributed by atoms with Crippen LogP contribution in [0.15, 0.2) is 22.7 Å². The molecule has 0 bridgehead atoms. The molecule has 0 aliphatic heterocycles. The average molecular weight is 338 g/mol. The monoisotopic (exact) mass is 337 g/mol. The molecule has 3 aromatic rings. The molecule has 0 aromatic carbocycles. The molecule has 19 heavy (non-hydrogen) atoms. The fourth-order valence-corrected chi connectivity index (χ4v) is 3.72. The summed E-state index contributed by atoms with van der Waals surface area (Å²) >= 11 is 5.07. The molecule has 0 N–H and O–H groups in total. The van der Waals surface area contributed by atoms with Crippen LogP contribution in [0, 0.1) is 13.8 Å². The Morgan fingerprint density at radius 1 is 1.21 bits per heavy atom. The minimum absolute atomic E-state index is 0.560. The molecule has 4 nitrogen and oxygen atoms in total. The van der Waals surface area contributed by atoms with E-state index in [2.05, 4.69) is 56.4 Å². The summed E-state index contributed by atoms with van der Waals surface area (Å²) in [6.07, 6.45) is 0. The fourth-order valence-electron chi connectivity index (χ4n) is 2.02. The second-order valence-corrected chi connectivity index (χ2v) is 6.11. The standard InChI is InChI=1S/C13H12BrN3OS/c1-7-4-5-8(2)17(7)13-16-11-10(19-13)6-9(14)12(15-11)18-3/h4-6H,1-3H3. The number of halogens is 1. The van der Waals surface area contributed by atoms with Gasteiger partial charge in [0.25, 0.3) is 0 Å². The summed E-state index contributed by atoms with van der Waals surface area (Å²) < 4.78 is 9.22. The molecule has 0 atom stereocenters. The predicted octanol–water partition coefficient (Wildman–Crippen LogP) is 3.87. The number of thiazole rings is 1. The zero-order chi connectivity index (χ0) is 13.6. The van der Waals surface area contributed by atoms with E-state index in [9.17, 15) is 0 Å². The van der Waals surface area contributed by atoms with E-state index < -0.39 is 0 Å². The normalized spacial score (nSPS) is 11.2. The van der Waals surface area contributed by atoms with Gasteiger partial charge in [-0.05, 0) is 48.0 Å². The molecule has 3 heterocycles. The number of fused-ring (bicyclic) bond motifs is 1. The number of rotatable bonds is 2. The maximum atomic E-state index is 5.20. The molecule has 0 saturated carbocycles. The Morgan fingerprint density at radius 2 is 1.89 bits per heavy atom. The number of pyridine rings is 1. The van der Waals surface area contributed by atoms with E-state index in [4.69, 9.17) is 4.74 Å². The van der Waals surface area contributed by atoms with E-state index in [0.29, 0.717) is 11.5 Å². The highest BCUT2D eigenvalue weighted by molar-refractivity contribution is 9.10. The number of aryl methyl sites for hydroxylation is 2. The highest BCUT2D eigenvalue weighted by atomic mass is 79.9. The Kier molecular flexibility index (Phi) is 3.06. The van der Waals surface area contributed by atoms with Gasteiger partial charge in [0.2, 0.25) is 5.88 Å². The number of methoxy groups -OCH3 is 1. The summed E-state index contributed by atoms with van der Waals surface area (Å²) in [5.41, 5.74) is 3.05. The smallest absolute Gasteiger partial charge is 0.229 e. The molecule has 0 aliphatic rings. The van der Waals surface area contributed by atoms with Gasteiger partial charge in [-0.1, -0.05) is 11.3 Å². The molecule has 0 amide bonds. The first-order valence-electron chi connectivity index (χ1n) is 5.76. The molecule has 0 spiro atoms. The van der Waals surface area contributed by atoms with Crippen LogP contribution < -0.4 is 4.74 Å². The van der Waals surface area contributed by atoms with Crippen LogP contribution in [0.3, 0.4) is 0 Å². The van der Waals surface area contributed by atoms with Crippen LogP contribution in [0.5, 0.6) is 5.88 Å². The van der Waals surface area contributed by atoms with Crippen molar-refractivity contribution in [1.82, 2.24) is 14.5 Å². The number of ether oxygens (including phenoxy) is 1. The van der Waals surface area contributed by atoms with Gasteiger partial charge in [0, 0.05) is 11.4 Å². The predicted molar refractivity (Wildman–Crippen MR) is 80.5 cm³/mol. The third-order valence-corrected chi connectivity index (χ3v) is 4.49. The van der Waals surface area contributed by atoms with Gasteiger partial charge in [-0.2, -0.15) is 9.97 Å². The van der Waals surface area contributed by atoms with Gasteiger partial charge >= 0.3 is 0 Å². The Balaban J connectivity index is 2.22. The van der Waals surface area contributed by atoms with Crippen LogP contribution in [0.1, 0.15) is 11.4 Å². The van der Waals surface area contributed by atoms with E-state index in [0.717, 1.165) is 14.3 Å². The molecule has 3 aromatic heterocycles. The van der Waals surface area contributed by atoms with Crippen molar-refractivity contribution in [1.29, 1.82) is 0 Å². The molecule has 0 radical (unpaired) electrons. The summed E-state index contributed by atoms with van der Waals surface area (Å²) in [5, 5.41) is 0.933. The molecule has 0 fully saturated rings. The van der Waals surface area contributed by atoms with Gasteiger partial charge in [0.05, 0.1) is 16.3 Å². The minimum Gasteiger partial charge on any atom is -0.480 e. The highest BCUT2D eigenvalue weighted by Crippen LogP contribution is 2.32. The zero-order valence-electron chi connectivity index (χ0n) is 10.8. The van der Waals surface area contributed by atoms with Crippen LogP contribution in [-0.4, -0.2) is 21.6 Å². The second kappa shape index (κ2) is 4.61. The van der Waals surface area contributed by atoms with Gasteiger partial charge in [0.15, 0.2) is 10.8 Å². The topological polar surface area (TPSA) is 39.9 Å². The molecular formula is C13H12BrN3OS. The van der Waals surface area contributed by atoms with Crippen molar-refractivity contribution < 1.29 is 4.74 Å². The molecule has 0 aliphatic carbocycles. The Labute approximate surface area is 123 Å². The maximum Gasteiger partial charge on any atom is 0.229 e. The SMILES string of the molecule is COc1nc2nc(-n3c(C)ccc3C)sc2cc1Br. The number of hydrogen-bond donors (Lipinski definition) is 0. The summed E-state index contributed by atoms with van der Waals surface area (Å²) in [7, 11) is 1.60. The van der Waals surface area contributed by atoms with E-state index in [1.165, 1.54) is 11.4 Å². The lowest BCUT2D eigenvalue weighted by atomic mass is 10.5. The van der Waals surface area contributed by atoms with E-state index >= 15 is 0 Å². The molecule has 6 heteroatoms. The fraction of sp³-hybridized carbons (Fsp3) is 0.231. The molecule has 0 unspecified atom stereocenters. The number of aromatic nitrogens is 3. The van der Waals surface area contributed by atoms with Crippen molar-refractivity contribution in [3.8, 4) is 11.0 Å². The first kappa shape index (κ1) is 12.6. The molecule has 0 saturated heterocycles. The Bertz CT molecular complexity index is 743. The quantitative estimate of drug-likeness (QED) is 0.712. The third kappa shape index (κ3) is 2.04. The lowest BCUT2D eigenvalue weighted by Crippen LogP contribution is -1.97. The van der Waals surface area contributed by atoms with Gasteiger partial charge in [-0.25, -0.2) is 0 Å². The van der Waals surface area contributed by atoms with Crippen molar-refractivity contribution in [2.75, 3.05) is 7.11 Å². The van der Waals surface area contributed by atoms with Gasteiger partial charge in [-0.15, -0.1) is 0 Å². The van der Waals surface area contributed by atoms with Crippen LogP contribution in [-0.2, 0) is 0 Å². The summed E-state index contributed by atoms with van der Waals surface area (Å²) in [5.74, 6) is 0.560. The van der Waals surface area contributed by atoms with Gasteiger partial charge in [0.1, 0.15) is 0 Å². The minimum atomic E-state index is 0.560. The van der Waals surface area contributed by atoms with Crippen molar-refractivity contribution in [3.63, 3.8) is 0 Å². The van der Waals surface area contributed by atoms with Crippen molar-refractivity contribution in [2.45, 2.75) is 13.8 Å². The molecular weight excluding hydrogens is 326 g/mol. The first-order valence-corrected chi connectivity index (χ1v) is 7.37. The van der Waals surface area contributed by atoms with Crippen LogP contribution in [0.25, 0.3) is 15.5 Å². The Morgan fingerprint density at radius 3 is 2.53 bits per heavy atom. The number of nitrogens with zero attached hydrogens (tertiary/aromatic N) is 3. The van der Waals surface area contributed by atoms with E-state index in [-0.39, 0.29) is 0 Å². The van der Waals surface area contributed by atoms with E-state index in [1.807, 2.05) is 6.07 Å². The largest absolute Gasteiger partial charge is 0.480 e. The van der Waals surface area contributed by atoms with Gasteiger partial charge in [-0.3, -0.25) is 4.57 Å². The van der Waals surface area contributed by atoms with Crippen molar-refractivity contribution in [2.24, 2.45) is 0 Å². The maximum absolute atomic E-state index is 5.20. The Hall–Kier alpha value is -1.40. The second-order valence-electron chi connectivity index (χ2n) is 4.25. The number of hydrogen-bond acceptors (Lipinski definition) is 4. The lowest BCUT2D eigenvalue weighted by molar-refractivity contribution is 0.396.